The number of hydrogen-bond donors (Lipinski definition) is 1. The number of hydrogen-bond acceptors (Lipinski definition) is 3. The first kappa shape index (κ1) is 10.1. The summed E-state index contributed by atoms with van der Waals surface area (Å²) in [5, 5.41) is 0.731. The third-order valence-corrected chi connectivity index (χ3v) is 4.17. The minimum atomic E-state index is -0.0268. The predicted octanol–water partition coefficient (Wildman–Crippen LogP) is 2.17. The number of aromatic nitrogens is 2. The molecule has 16 heavy (non-hydrogen) atoms. The van der Waals surface area contributed by atoms with Crippen molar-refractivity contribution in [2.75, 3.05) is 6.26 Å². The second-order valence-corrected chi connectivity index (χ2v) is 5.36. The number of fused-ring (bicyclic) bond motifs is 2. The summed E-state index contributed by atoms with van der Waals surface area (Å²) in [5.41, 5.74) is 0.950. The quantitative estimate of drug-likeness (QED) is 0.484. The van der Waals surface area contributed by atoms with E-state index in [1.165, 1.54) is 18.2 Å². The summed E-state index contributed by atoms with van der Waals surface area (Å²) < 4.78 is 0. The van der Waals surface area contributed by atoms with Crippen molar-refractivity contribution in [1.29, 1.82) is 0 Å². The molecule has 0 amide bonds. The van der Waals surface area contributed by atoms with Crippen molar-refractivity contribution in [1.82, 2.24) is 9.97 Å². The summed E-state index contributed by atoms with van der Waals surface area (Å²) >= 11 is 1.49. The Morgan fingerprint density at radius 2 is 2.31 bits per heavy atom. The monoisotopic (exact) mass is 234 g/mol. The summed E-state index contributed by atoms with van der Waals surface area (Å²) in [5.74, 6) is 1.78. The standard InChI is InChI=1S/C12H14N2OS/c1-16-12-13-10(6-11(15)14-12)9-5-7-2-3-8(9)4-7/h2-3,6-9H,4-5H2,1H3,(H,13,14,15). The van der Waals surface area contributed by atoms with Crippen LogP contribution < -0.4 is 5.56 Å². The molecule has 0 spiro atoms. The Kier molecular flexibility index (Phi) is 2.39. The van der Waals surface area contributed by atoms with Crippen molar-refractivity contribution in [3.8, 4) is 0 Å². The van der Waals surface area contributed by atoms with E-state index in [1.807, 2.05) is 6.26 Å². The highest BCUT2D eigenvalue weighted by Gasteiger charge is 2.37. The Balaban J connectivity index is 1.98. The first-order valence-electron chi connectivity index (χ1n) is 5.60. The first-order chi connectivity index (χ1) is 7.76. The van der Waals surface area contributed by atoms with Crippen molar-refractivity contribution < 1.29 is 0 Å². The Bertz CT molecular complexity index is 494. The molecule has 1 heterocycles. The maximum Gasteiger partial charge on any atom is 0.251 e. The molecule has 4 heteroatoms. The van der Waals surface area contributed by atoms with Gasteiger partial charge in [0, 0.05) is 12.0 Å². The molecule has 2 aliphatic carbocycles. The summed E-state index contributed by atoms with van der Waals surface area (Å²) in [7, 11) is 0. The second kappa shape index (κ2) is 3.77. The van der Waals surface area contributed by atoms with Crippen LogP contribution in [0.2, 0.25) is 0 Å². The maximum atomic E-state index is 11.5. The first-order valence-corrected chi connectivity index (χ1v) is 6.82. The van der Waals surface area contributed by atoms with Crippen LogP contribution in [0, 0.1) is 11.8 Å². The molecule has 1 saturated carbocycles. The molecule has 3 unspecified atom stereocenters. The Morgan fingerprint density at radius 3 is 2.94 bits per heavy atom. The number of nitrogens with zero attached hydrogens (tertiary/aromatic N) is 1. The van der Waals surface area contributed by atoms with E-state index in [0.717, 1.165) is 17.3 Å². The van der Waals surface area contributed by atoms with Gasteiger partial charge in [0.1, 0.15) is 0 Å². The van der Waals surface area contributed by atoms with E-state index in [1.54, 1.807) is 6.07 Å². The lowest BCUT2D eigenvalue weighted by Crippen LogP contribution is -2.15. The molecule has 0 radical (unpaired) electrons. The molecule has 1 fully saturated rings. The molecule has 2 aliphatic rings. The highest BCUT2D eigenvalue weighted by Crippen LogP contribution is 2.48. The average molecular weight is 234 g/mol. The molecule has 1 aromatic rings. The Labute approximate surface area is 98.4 Å². The molecule has 2 bridgehead atoms. The van der Waals surface area contributed by atoms with Crippen LogP contribution in [0.3, 0.4) is 0 Å². The van der Waals surface area contributed by atoms with Gasteiger partial charge in [0.2, 0.25) is 0 Å². The molecule has 3 atom stereocenters. The molecular weight excluding hydrogens is 220 g/mol. The summed E-state index contributed by atoms with van der Waals surface area (Å²) in [4.78, 5) is 18.8. The van der Waals surface area contributed by atoms with Gasteiger partial charge in [-0.05, 0) is 30.9 Å². The summed E-state index contributed by atoms with van der Waals surface area (Å²) in [6, 6.07) is 1.67. The van der Waals surface area contributed by atoms with Crippen LogP contribution in [-0.2, 0) is 0 Å². The van der Waals surface area contributed by atoms with Gasteiger partial charge >= 0.3 is 0 Å². The van der Waals surface area contributed by atoms with E-state index >= 15 is 0 Å². The SMILES string of the molecule is CSc1nc(C2CC3C=CC2C3)cc(=O)[nH]1. The highest BCUT2D eigenvalue weighted by molar-refractivity contribution is 7.98. The molecule has 3 rings (SSSR count). The van der Waals surface area contributed by atoms with Crippen molar-refractivity contribution in [3.63, 3.8) is 0 Å². The molecule has 1 aromatic heterocycles. The molecule has 0 saturated heterocycles. The Hall–Kier alpha value is -1.03. The zero-order chi connectivity index (χ0) is 11.1. The zero-order valence-electron chi connectivity index (χ0n) is 9.14. The van der Waals surface area contributed by atoms with E-state index in [-0.39, 0.29) is 5.56 Å². The molecule has 1 N–H and O–H groups in total. The third kappa shape index (κ3) is 1.61. The van der Waals surface area contributed by atoms with Crippen molar-refractivity contribution >= 4 is 11.8 Å². The number of allylic oxidation sites excluding steroid dienone is 2. The van der Waals surface area contributed by atoms with Crippen LogP contribution in [0.25, 0.3) is 0 Å². The average Bonchev–Trinajstić information content (AvgIpc) is 2.89. The summed E-state index contributed by atoms with van der Waals surface area (Å²) in [6.45, 7) is 0. The number of aromatic amines is 1. The minimum absolute atomic E-state index is 0.0268. The largest absolute Gasteiger partial charge is 0.301 e. The van der Waals surface area contributed by atoms with Crippen LogP contribution in [0.15, 0.2) is 28.2 Å². The molecule has 84 valence electrons. The van der Waals surface area contributed by atoms with Gasteiger partial charge in [-0.3, -0.25) is 4.79 Å². The lowest BCUT2D eigenvalue weighted by molar-refractivity contribution is 0.561. The predicted molar refractivity (Wildman–Crippen MR) is 64.7 cm³/mol. The topological polar surface area (TPSA) is 45.8 Å². The van der Waals surface area contributed by atoms with Crippen LogP contribution in [0.5, 0.6) is 0 Å². The van der Waals surface area contributed by atoms with Gasteiger partial charge in [-0.15, -0.1) is 0 Å². The van der Waals surface area contributed by atoms with Crippen LogP contribution >= 0.6 is 11.8 Å². The molecular formula is C12H14N2OS. The number of thioether (sulfide) groups is 1. The molecule has 3 nitrogen and oxygen atoms in total. The van der Waals surface area contributed by atoms with Gasteiger partial charge in [-0.1, -0.05) is 23.9 Å². The van der Waals surface area contributed by atoms with E-state index in [4.69, 9.17) is 0 Å². The lowest BCUT2D eigenvalue weighted by Gasteiger charge is -2.17. The fourth-order valence-electron chi connectivity index (χ4n) is 2.86. The van der Waals surface area contributed by atoms with Crippen LogP contribution in [0.4, 0.5) is 0 Å². The highest BCUT2D eigenvalue weighted by atomic mass is 32.2. The van der Waals surface area contributed by atoms with Gasteiger partial charge in [-0.25, -0.2) is 4.98 Å². The third-order valence-electron chi connectivity index (χ3n) is 3.59. The van der Waals surface area contributed by atoms with Crippen molar-refractivity contribution in [2.24, 2.45) is 11.8 Å². The van der Waals surface area contributed by atoms with E-state index in [2.05, 4.69) is 22.1 Å². The fraction of sp³-hybridized carbons (Fsp3) is 0.500. The van der Waals surface area contributed by atoms with Gasteiger partial charge in [0.05, 0.1) is 5.69 Å². The van der Waals surface area contributed by atoms with Gasteiger partial charge < -0.3 is 4.98 Å². The van der Waals surface area contributed by atoms with E-state index in [9.17, 15) is 4.79 Å². The minimum Gasteiger partial charge on any atom is -0.301 e. The summed E-state index contributed by atoms with van der Waals surface area (Å²) in [6.07, 6.45) is 8.94. The van der Waals surface area contributed by atoms with Gasteiger partial charge in [0.25, 0.3) is 5.56 Å². The number of nitrogens with one attached hydrogen (secondary N) is 1. The Morgan fingerprint density at radius 1 is 1.44 bits per heavy atom. The van der Waals surface area contributed by atoms with Crippen LogP contribution in [0.1, 0.15) is 24.5 Å². The molecule has 0 aliphatic heterocycles. The second-order valence-electron chi connectivity index (χ2n) is 4.57. The number of H-pyrrole nitrogens is 1. The van der Waals surface area contributed by atoms with Crippen molar-refractivity contribution in [2.45, 2.75) is 23.9 Å². The number of rotatable bonds is 2. The lowest BCUT2D eigenvalue weighted by atomic mass is 9.90. The maximum absolute atomic E-state index is 11.5. The van der Waals surface area contributed by atoms with E-state index < -0.39 is 0 Å². The normalized spacial score (nSPS) is 31.2. The molecule has 0 aromatic carbocycles. The van der Waals surface area contributed by atoms with Crippen LogP contribution in [-0.4, -0.2) is 16.2 Å². The fourth-order valence-corrected chi connectivity index (χ4v) is 3.26. The van der Waals surface area contributed by atoms with Gasteiger partial charge in [-0.2, -0.15) is 0 Å². The zero-order valence-corrected chi connectivity index (χ0v) is 9.96. The smallest absolute Gasteiger partial charge is 0.251 e. The van der Waals surface area contributed by atoms with Crippen molar-refractivity contribution in [3.05, 3.63) is 34.3 Å². The van der Waals surface area contributed by atoms with Gasteiger partial charge in [0.15, 0.2) is 5.16 Å². The van der Waals surface area contributed by atoms with E-state index in [0.29, 0.717) is 17.8 Å².